The van der Waals surface area contributed by atoms with Crippen LogP contribution in [-0.2, 0) is 4.79 Å². The zero-order chi connectivity index (χ0) is 21.3. The SMILES string of the molecule is CCC(=O)Nc1ccc(N2C(=S)N[C@H](c3ccccn3)[C@@H]2c2sccc2C)cc1C. The van der Waals surface area contributed by atoms with Gasteiger partial charge < -0.3 is 15.5 Å². The Bertz CT molecular complexity index is 1080. The van der Waals surface area contributed by atoms with Crippen molar-refractivity contribution in [2.75, 3.05) is 10.2 Å². The van der Waals surface area contributed by atoms with Crippen LogP contribution in [-0.4, -0.2) is 16.0 Å². The van der Waals surface area contributed by atoms with Crippen molar-refractivity contribution in [3.05, 3.63) is 75.7 Å². The van der Waals surface area contributed by atoms with Gasteiger partial charge in [-0.1, -0.05) is 13.0 Å². The van der Waals surface area contributed by atoms with E-state index in [0.717, 1.165) is 22.6 Å². The molecule has 4 rings (SSSR count). The summed E-state index contributed by atoms with van der Waals surface area (Å²) in [5, 5.41) is 9.24. The number of thiocarbonyl (C=S) groups is 1. The minimum atomic E-state index is -0.0455. The van der Waals surface area contributed by atoms with Crippen molar-refractivity contribution < 1.29 is 4.79 Å². The van der Waals surface area contributed by atoms with E-state index < -0.39 is 0 Å². The van der Waals surface area contributed by atoms with Crippen LogP contribution < -0.4 is 15.5 Å². The molecule has 154 valence electrons. The molecule has 7 heteroatoms. The predicted molar refractivity (Wildman–Crippen MR) is 127 cm³/mol. The van der Waals surface area contributed by atoms with Gasteiger partial charge in [0.15, 0.2) is 5.11 Å². The van der Waals surface area contributed by atoms with Crippen molar-refractivity contribution in [3.63, 3.8) is 0 Å². The molecule has 1 aromatic carbocycles. The number of aromatic nitrogens is 1. The highest BCUT2D eigenvalue weighted by molar-refractivity contribution is 7.80. The summed E-state index contributed by atoms with van der Waals surface area (Å²) in [5.41, 5.74) is 5.03. The largest absolute Gasteiger partial charge is 0.351 e. The van der Waals surface area contributed by atoms with Gasteiger partial charge in [0.1, 0.15) is 0 Å². The number of pyridine rings is 1. The van der Waals surface area contributed by atoms with Crippen molar-refractivity contribution in [3.8, 4) is 0 Å². The van der Waals surface area contributed by atoms with E-state index in [2.05, 4.69) is 45.0 Å². The Morgan fingerprint density at radius 1 is 1.23 bits per heavy atom. The lowest BCUT2D eigenvalue weighted by molar-refractivity contribution is -0.115. The molecule has 0 bridgehead atoms. The first-order chi connectivity index (χ1) is 14.5. The molecule has 1 aliphatic heterocycles. The number of amides is 1. The van der Waals surface area contributed by atoms with Crippen LogP contribution in [0.3, 0.4) is 0 Å². The van der Waals surface area contributed by atoms with Crippen LogP contribution in [0.5, 0.6) is 0 Å². The molecule has 0 unspecified atom stereocenters. The highest BCUT2D eigenvalue weighted by Gasteiger charge is 2.42. The molecule has 3 aromatic rings. The molecular formula is C23H24N4OS2. The first kappa shape index (κ1) is 20.5. The molecule has 1 amide bonds. The second-order valence-corrected chi connectivity index (χ2v) is 8.70. The maximum absolute atomic E-state index is 11.8. The summed E-state index contributed by atoms with van der Waals surface area (Å²) < 4.78 is 0. The number of thiophene rings is 1. The standard InChI is InChI=1S/C23H24N4OS2/c1-4-19(28)25-17-9-8-16(13-15(17)3)27-21(22-14(2)10-12-30-22)20(26-23(27)29)18-7-5-6-11-24-18/h5-13,20-21H,4H2,1-3H3,(H,25,28)(H,26,29)/t20-,21-/m1/s1. The van der Waals surface area contributed by atoms with E-state index in [9.17, 15) is 4.79 Å². The number of nitrogens with one attached hydrogen (secondary N) is 2. The van der Waals surface area contributed by atoms with Gasteiger partial charge in [0.25, 0.3) is 0 Å². The second kappa shape index (κ2) is 8.53. The summed E-state index contributed by atoms with van der Waals surface area (Å²) in [7, 11) is 0. The van der Waals surface area contributed by atoms with Gasteiger partial charge in [-0.05, 0) is 79.0 Å². The first-order valence-electron chi connectivity index (χ1n) is 9.94. The van der Waals surface area contributed by atoms with Gasteiger partial charge >= 0.3 is 0 Å². The molecule has 1 aliphatic rings. The molecule has 1 fully saturated rings. The molecule has 2 N–H and O–H groups in total. The van der Waals surface area contributed by atoms with Crippen LogP contribution in [0.1, 0.15) is 47.1 Å². The van der Waals surface area contributed by atoms with E-state index in [1.165, 1.54) is 10.4 Å². The number of anilines is 2. The molecule has 3 heterocycles. The van der Waals surface area contributed by atoms with Gasteiger partial charge in [0, 0.05) is 28.9 Å². The van der Waals surface area contributed by atoms with Gasteiger partial charge in [-0.15, -0.1) is 11.3 Å². The molecule has 5 nitrogen and oxygen atoms in total. The maximum Gasteiger partial charge on any atom is 0.224 e. The van der Waals surface area contributed by atoms with E-state index in [1.54, 1.807) is 11.3 Å². The third-order valence-corrected chi connectivity index (χ3v) is 6.76. The van der Waals surface area contributed by atoms with Crippen LogP contribution in [0, 0.1) is 13.8 Å². The van der Waals surface area contributed by atoms with E-state index in [4.69, 9.17) is 12.2 Å². The number of carbonyl (C=O) groups is 1. The molecule has 2 aromatic heterocycles. The number of nitrogens with zero attached hydrogens (tertiary/aromatic N) is 2. The first-order valence-corrected chi connectivity index (χ1v) is 11.2. The zero-order valence-electron chi connectivity index (χ0n) is 17.2. The molecule has 0 radical (unpaired) electrons. The lowest BCUT2D eigenvalue weighted by Crippen LogP contribution is -2.29. The fraction of sp³-hybridized carbons (Fsp3) is 0.261. The van der Waals surface area contributed by atoms with E-state index in [1.807, 2.05) is 50.4 Å². The van der Waals surface area contributed by atoms with Crippen LogP contribution in [0.2, 0.25) is 0 Å². The minimum Gasteiger partial charge on any atom is -0.351 e. The Kier molecular flexibility index (Phi) is 5.83. The van der Waals surface area contributed by atoms with Gasteiger partial charge in [0.2, 0.25) is 5.91 Å². The highest BCUT2D eigenvalue weighted by Crippen LogP contribution is 2.44. The van der Waals surface area contributed by atoms with E-state index in [0.29, 0.717) is 11.5 Å². The number of carbonyl (C=O) groups excluding carboxylic acids is 1. The van der Waals surface area contributed by atoms with Crippen LogP contribution in [0.4, 0.5) is 11.4 Å². The third kappa shape index (κ3) is 3.82. The number of aryl methyl sites for hydroxylation is 2. The zero-order valence-corrected chi connectivity index (χ0v) is 18.8. The Balaban J connectivity index is 1.76. The third-order valence-electron chi connectivity index (χ3n) is 5.35. The normalized spacial score (nSPS) is 18.4. The number of hydrogen-bond acceptors (Lipinski definition) is 4. The van der Waals surface area contributed by atoms with Crippen molar-refractivity contribution in [1.82, 2.24) is 10.3 Å². The fourth-order valence-corrected chi connectivity index (χ4v) is 5.16. The molecule has 0 spiro atoms. The van der Waals surface area contributed by atoms with Crippen LogP contribution in [0.15, 0.2) is 54.0 Å². The summed E-state index contributed by atoms with van der Waals surface area (Å²) in [4.78, 5) is 19.8. The van der Waals surface area contributed by atoms with Crippen molar-refractivity contribution in [1.29, 1.82) is 0 Å². The quantitative estimate of drug-likeness (QED) is 0.533. The molecular weight excluding hydrogens is 412 g/mol. The average molecular weight is 437 g/mol. The summed E-state index contributed by atoms with van der Waals surface area (Å²) in [6, 6.07) is 14.1. The molecule has 1 saturated heterocycles. The van der Waals surface area contributed by atoms with E-state index in [-0.39, 0.29) is 18.0 Å². The molecule has 0 saturated carbocycles. The van der Waals surface area contributed by atoms with Gasteiger partial charge in [0.05, 0.1) is 17.8 Å². The van der Waals surface area contributed by atoms with Crippen molar-refractivity contribution >= 4 is 45.9 Å². The van der Waals surface area contributed by atoms with Gasteiger partial charge in [-0.3, -0.25) is 9.78 Å². The number of rotatable bonds is 5. The van der Waals surface area contributed by atoms with E-state index >= 15 is 0 Å². The molecule has 30 heavy (non-hydrogen) atoms. The molecule has 0 aliphatic carbocycles. The Labute approximate surface area is 186 Å². The Hall–Kier alpha value is -2.77. The minimum absolute atomic E-state index is 0.00267. The summed E-state index contributed by atoms with van der Waals surface area (Å²) >= 11 is 7.52. The number of benzene rings is 1. The monoisotopic (exact) mass is 436 g/mol. The Morgan fingerprint density at radius 2 is 2.07 bits per heavy atom. The van der Waals surface area contributed by atoms with Crippen LogP contribution in [0.25, 0.3) is 0 Å². The average Bonchev–Trinajstić information content (AvgIpc) is 3.32. The second-order valence-electron chi connectivity index (χ2n) is 7.37. The lowest BCUT2D eigenvalue weighted by atomic mass is 10.00. The summed E-state index contributed by atoms with van der Waals surface area (Å²) in [5.74, 6) is 0.00603. The van der Waals surface area contributed by atoms with Gasteiger partial charge in [-0.25, -0.2) is 0 Å². The van der Waals surface area contributed by atoms with Crippen molar-refractivity contribution in [2.24, 2.45) is 0 Å². The fourth-order valence-electron chi connectivity index (χ4n) is 3.76. The smallest absolute Gasteiger partial charge is 0.224 e. The van der Waals surface area contributed by atoms with Crippen molar-refractivity contribution in [2.45, 2.75) is 39.3 Å². The summed E-state index contributed by atoms with van der Waals surface area (Å²) in [6.07, 6.45) is 2.27. The maximum atomic E-state index is 11.8. The predicted octanol–water partition coefficient (Wildman–Crippen LogP) is 5.29. The van der Waals surface area contributed by atoms with Gasteiger partial charge in [-0.2, -0.15) is 0 Å². The topological polar surface area (TPSA) is 57.3 Å². The lowest BCUT2D eigenvalue weighted by Gasteiger charge is -2.28. The highest BCUT2D eigenvalue weighted by atomic mass is 32.1. The van der Waals surface area contributed by atoms with Crippen LogP contribution >= 0.6 is 23.6 Å². The Morgan fingerprint density at radius 3 is 2.70 bits per heavy atom. The summed E-state index contributed by atoms with van der Waals surface area (Å²) in [6.45, 7) is 5.98. The molecule has 2 atom stereocenters. The number of hydrogen-bond donors (Lipinski definition) is 2.